The van der Waals surface area contributed by atoms with Gasteiger partial charge in [-0.1, -0.05) is 18.2 Å². The molecule has 1 aliphatic rings. The number of rotatable bonds is 9. The summed E-state index contributed by atoms with van der Waals surface area (Å²) in [5, 5.41) is 9.40. The average Bonchev–Trinajstić information content (AvgIpc) is 3.23. The molecule has 0 saturated carbocycles. The highest BCUT2D eigenvalue weighted by Gasteiger charge is 2.26. The van der Waals surface area contributed by atoms with E-state index >= 15 is 0 Å². The molecule has 0 atom stereocenters. The lowest BCUT2D eigenvalue weighted by atomic mass is 9.88. The average molecular weight is 572 g/mol. The maximum absolute atomic E-state index is 14.3. The van der Waals surface area contributed by atoms with Gasteiger partial charge in [-0.3, -0.25) is 4.90 Å². The number of ether oxygens (including phenoxy) is 2. The number of likely N-dealkylation sites (tertiary alicyclic amines) is 1. The van der Waals surface area contributed by atoms with Gasteiger partial charge in [-0.15, -0.1) is 0 Å². The van der Waals surface area contributed by atoms with Crippen LogP contribution in [-0.2, 0) is 20.2 Å². The summed E-state index contributed by atoms with van der Waals surface area (Å²) >= 11 is 0. The van der Waals surface area contributed by atoms with Crippen molar-refractivity contribution in [3.05, 3.63) is 88.2 Å². The zero-order chi connectivity index (χ0) is 29.3. The van der Waals surface area contributed by atoms with Crippen LogP contribution in [0.15, 0.2) is 48.5 Å². The van der Waals surface area contributed by atoms with Gasteiger partial charge >= 0.3 is 12.6 Å². The Hall–Kier alpha value is -4.12. The molecule has 41 heavy (non-hydrogen) atoms. The molecule has 2 heterocycles. The molecule has 5 rings (SSSR count). The smallest absolute Gasteiger partial charge is 0.387 e. The quantitative estimate of drug-likeness (QED) is 0.234. The number of carboxylic acids is 1. The molecule has 0 radical (unpaired) electrons. The van der Waals surface area contributed by atoms with Crippen LogP contribution in [0.3, 0.4) is 0 Å². The largest absolute Gasteiger partial charge is 0.488 e. The number of hydrogen-bond donors (Lipinski definition) is 1. The van der Waals surface area contributed by atoms with Crippen molar-refractivity contribution in [3.63, 3.8) is 0 Å². The van der Waals surface area contributed by atoms with E-state index in [1.807, 2.05) is 0 Å². The van der Waals surface area contributed by atoms with E-state index in [9.17, 15) is 27.5 Å². The summed E-state index contributed by atoms with van der Waals surface area (Å²) in [7, 11) is 1.70. The first-order valence-corrected chi connectivity index (χ1v) is 13.2. The van der Waals surface area contributed by atoms with Gasteiger partial charge in [0.15, 0.2) is 5.75 Å². The van der Waals surface area contributed by atoms with Crippen molar-refractivity contribution in [1.82, 2.24) is 14.5 Å². The number of benzene rings is 3. The Morgan fingerprint density at radius 2 is 1.83 bits per heavy atom. The van der Waals surface area contributed by atoms with Gasteiger partial charge < -0.3 is 19.1 Å². The Bertz CT molecular complexity index is 1580. The molecule has 11 heteroatoms. The number of carbonyl (C=O) groups is 1. The van der Waals surface area contributed by atoms with Gasteiger partial charge in [-0.05, 0) is 74.2 Å². The number of fused-ring (bicyclic) bond motifs is 1. The fourth-order valence-corrected chi connectivity index (χ4v) is 5.25. The molecule has 1 N–H and O–H groups in total. The summed E-state index contributed by atoms with van der Waals surface area (Å²) in [4.78, 5) is 18.2. The van der Waals surface area contributed by atoms with Gasteiger partial charge in [0.2, 0.25) is 0 Å². The number of carboxylic acid groups (broad SMARTS) is 1. The first-order valence-electron chi connectivity index (χ1n) is 13.2. The van der Waals surface area contributed by atoms with E-state index in [4.69, 9.17) is 4.74 Å². The number of piperidine rings is 1. The lowest BCUT2D eigenvalue weighted by Crippen LogP contribution is -2.33. The molecule has 1 aromatic heterocycles. The van der Waals surface area contributed by atoms with E-state index in [1.165, 1.54) is 24.3 Å². The lowest BCUT2D eigenvalue weighted by Gasteiger charge is -2.32. The first-order chi connectivity index (χ1) is 19.6. The number of halogens is 4. The van der Waals surface area contributed by atoms with Crippen molar-refractivity contribution in [3.8, 4) is 11.5 Å². The molecule has 0 spiro atoms. The van der Waals surface area contributed by atoms with Gasteiger partial charge in [0.1, 0.15) is 35.3 Å². The highest BCUT2D eigenvalue weighted by Crippen LogP contribution is 2.36. The van der Waals surface area contributed by atoms with Crippen molar-refractivity contribution in [2.75, 3.05) is 13.1 Å². The van der Waals surface area contributed by atoms with Crippen LogP contribution in [0, 0.1) is 18.6 Å². The number of aromatic carboxylic acids is 1. The normalized spacial score (nSPS) is 14.6. The molecule has 0 bridgehead atoms. The second-order valence-electron chi connectivity index (χ2n) is 10.2. The number of aromatic nitrogens is 2. The predicted molar refractivity (Wildman–Crippen MR) is 143 cm³/mol. The summed E-state index contributed by atoms with van der Waals surface area (Å²) in [5.41, 5.74) is 2.42. The molecular formula is C30H29F4N3O4. The summed E-state index contributed by atoms with van der Waals surface area (Å²) in [6.07, 6.45) is 1.49. The van der Waals surface area contributed by atoms with Crippen LogP contribution in [0.1, 0.15) is 51.6 Å². The molecule has 4 aromatic rings. The van der Waals surface area contributed by atoms with E-state index in [0.717, 1.165) is 30.0 Å². The second-order valence-corrected chi connectivity index (χ2v) is 10.2. The molecule has 1 aliphatic heterocycles. The molecule has 7 nitrogen and oxygen atoms in total. The van der Waals surface area contributed by atoms with Crippen LogP contribution in [-0.4, -0.2) is 45.2 Å². The highest BCUT2D eigenvalue weighted by atomic mass is 19.3. The zero-order valence-corrected chi connectivity index (χ0v) is 22.5. The van der Waals surface area contributed by atoms with E-state index in [2.05, 4.69) is 14.6 Å². The molecule has 0 unspecified atom stereocenters. The van der Waals surface area contributed by atoms with Crippen molar-refractivity contribution < 1.29 is 36.9 Å². The highest BCUT2D eigenvalue weighted by molar-refractivity contribution is 5.95. The molecule has 3 aromatic carbocycles. The van der Waals surface area contributed by atoms with Gasteiger partial charge in [-0.25, -0.2) is 18.6 Å². The van der Waals surface area contributed by atoms with Crippen molar-refractivity contribution in [1.29, 1.82) is 0 Å². The minimum atomic E-state index is -3.12. The SMILES string of the molecule is Cc1ccc(COc2cc(F)ccc2C2CCN(Cc3nc4c(OC(F)F)cc(C(=O)O)cc4n3C)CC2)c(F)c1. The van der Waals surface area contributed by atoms with Crippen LogP contribution < -0.4 is 9.47 Å². The Labute approximate surface area is 233 Å². The summed E-state index contributed by atoms with van der Waals surface area (Å²) in [6.45, 7) is 0.428. The number of imidazole rings is 1. The third-order valence-electron chi connectivity index (χ3n) is 7.47. The van der Waals surface area contributed by atoms with Crippen molar-refractivity contribution in [2.24, 2.45) is 7.05 Å². The predicted octanol–water partition coefficient (Wildman–Crippen LogP) is 6.42. The third-order valence-corrected chi connectivity index (χ3v) is 7.47. The maximum atomic E-state index is 14.3. The zero-order valence-electron chi connectivity index (χ0n) is 22.5. The van der Waals surface area contributed by atoms with Crippen LogP contribution in [0.25, 0.3) is 11.0 Å². The van der Waals surface area contributed by atoms with Gasteiger partial charge in [0, 0.05) is 18.7 Å². The van der Waals surface area contributed by atoms with Gasteiger partial charge in [-0.2, -0.15) is 8.78 Å². The third kappa shape index (κ3) is 6.30. The molecule has 0 amide bonds. The second kappa shape index (κ2) is 11.8. The minimum Gasteiger partial charge on any atom is -0.488 e. The Balaban J connectivity index is 1.29. The van der Waals surface area contributed by atoms with Gasteiger partial charge in [0.05, 0.1) is 17.6 Å². The summed E-state index contributed by atoms with van der Waals surface area (Å²) in [5.74, 6) is -1.30. The Kier molecular flexibility index (Phi) is 8.16. The monoisotopic (exact) mass is 571 g/mol. The van der Waals surface area contributed by atoms with Crippen LogP contribution in [0.2, 0.25) is 0 Å². The number of alkyl halides is 2. The number of hydrogen-bond acceptors (Lipinski definition) is 5. The van der Waals surface area contributed by atoms with Crippen molar-refractivity contribution >= 4 is 17.0 Å². The Morgan fingerprint density at radius 1 is 1.07 bits per heavy atom. The van der Waals surface area contributed by atoms with Gasteiger partial charge in [0.25, 0.3) is 0 Å². The molecule has 1 saturated heterocycles. The van der Waals surface area contributed by atoms with Crippen LogP contribution in [0.5, 0.6) is 11.5 Å². The maximum Gasteiger partial charge on any atom is 0.387 e. The fourth-order valence-electron chi connectivity index (χ4n) is 5.25. The van der Waals surface area contributed by atoms with E-state index in [1.54, 1.807) is 36.7 Å². The number of nitrogens with zero attached hydrogens (tertiary/aromatic N) is 3. The fraction of sp³-hybridized carbons (Fsp3) is 0.333. The molecular weight excluding hydrogens is 542 g/mol. The molecule has 0 aliphatic carbocycles. The standard InChI is InChI=1S/C30H29F4N3O4/c1-17-3-4-19(23(32)11-17)16-40-25-14-21(31)5-6-22(25)18-7-9-37(10-8-18)15-27-35-28-24(36(27)2)12-20(29(38)39)13-26(28)41-30(33)34/h3-6,11-14,18,30H,7-10,15-16H2,1-2H3,(H,38,39). The topological polar surface area (TPSA) is 76.8 Å². The van der Waals surface area contributed by atoms with Crippen LogP contribution in [0.4, 0.5) is 17.6 Å². The molecule has 1 fully saturated rings. The first kappa shape index (κ1) is 28.4. The summed E-state index contributed by atoms with van der Waals surface area (Å²) < 4.78 is 66.6. The number of aryl methyl sites for hydroxylation is 2. The minimum absolute atomic E-state index is 0.0189. The van der Waals surface area contributed by atoms with E-state index < -0.39 is 18.4 Å². The molecule has 216 valence electrons. The van der Waals surface area contributed by atoms with E-state index in [-0.39, 0.29) is 35.2 Å². The van der Waals surface area contributed by atoms with E-state index in [0.29, 0.717) is 42.3 Å². The van der Waals surface area contributed by atoms with Crippen LogP contribution >= 0.6 is 0 Å². The van der Waals surface area contributed by atoms with Crippen molar-refractivity contribution in [2.45, 2.75) is 45.4 Å². The summed E-state index contributed by atoms with van der Waals surface area (Å²) in [6, 6.07) is 11.8. The lowest BCUT2D eigenvalue weighted by molar-refractivity contribution is -0.0489. The Morgan fingerprint density at radius 3 is 2.51 bits per heavy atom.